The van der Waals surface area contributed by atoms with Crippen LogP contribution in [-0.4, -0.2) is 30.8 Å². The summed E-state index contributed by atoms with van der Waals surface area (Å²) in [6.07, 6.45) is 7.14. The zero-order valence-corrected chi connectivity index (χ0v) is 12.2. The molecule has 3 rings (SSSR count). The minimum Gasteiger partial charge on any atom is -0.271 e. The maximum atomic E-state index is 12.4. The van der Waals surface area contributed by atoms with E-state index in [1.165, 1.54) is 0 Å². The van der Waals surface area contributed by atoms with Crippen molar-refractivity contribution in [3.63, 3.8) is 0 Å². The summed E-state index contributed by atoms with van der Waals surface area (Å²) in [7, 11) is -6.10. The molecule has 0 radical (unpaired) electrons. The molecule has 0 saturated carbocycles. The second-order valence-electron chi connectivity index (χ2n) is 5.22. The first kappa shape index (κ1) is 15.9. The third kappa shape index (κ3) is 2.41. The van der Waals surface area contributed by atoms with Crippen molar-refractivity contribution in [3.8, 4) is 0 Å². The van der Waals surface area contributed by atoms with Crippen LogP contribution in [0.3, 0.4) is 0 Å². The summed E-state index contributed by atoms with van der Waals surface area (Å²) < 4.78 is 63.3. The number of alkyl halides is 3. The largest absolute Gasteiger partial charge is 0.525 e. The highest BCUT2D eigenvalue weighted by molar-refractivity contribution is 7.87. The monoisotopic (exact) mass is 349 g/mol. The number of allylic oxidation sites excluding steroid dienone is 4. The van der Waals surface area contributed by atoms with Crippen LogP contribution in [0.25, 0.3) is 0 Å². The van der Waals surface area contributed by atoms with Crippen LogP contribution in [0.4, 0.5) is 13.2 Å². The summed E-state index contributed by atoms with van der Waals surface area (Å²) in [5, 5.41) is -0.276. The molecule has 2 aliphatic carbocycles. The first-order valence-electron chi connectivity index (χ1n) is 6.59. The van der Waals surface area contributed by atoms with Gasteiger partial charge in [-0.15, -0.1) is 9.35 Å². The van der Waals surface area contributed by atoms with E-state index in [9.17, 15) is 31.2 Å². The Morgan fingerprint density at radius 1 is 1.17 bits per heavy atom. The van der Waals surface area contributed by atoms with Crippen LogP contribution in [0.1, 0.15) is 12.8 Å². The molecule has 0 aromatic carbocycles. The van der Waals surface area contributed by atoms with Crippen LogP contribution in [0, 0.1) is 11.8 Å². The first-order valence-corrected chi connectivity index (χ1v) is 8.00. The average Bonchev–Trinajstić information content (AvgIpc) is 2.48. The van der Waals surface area contributed by atoms with Gasteiger partial charge >= 0.3 is 15.6 Å². The lowest BCUT2D eigenvalue weighted by Crippen LogP contribution is -2.50. The molecule has 1 aliphatic heterocycles. The van der Waals surface area contributed by atoms with Crippen molar-refractivity contribution in [1.29, 1.82) is 0 Å². The van der Waals surface area contributed by atoms with Gasteiger partial charge in [-0.05, 0) is 18.4 Å². The Balaban J connectivity index is 2.01. The van der Waals surface area contributed by atoms with E-state index in [1.807, 2.05) is 0 Å². The van der Waals surface area contributed by atoms with Gasteiger partial charge < -0.3 is 0 Å². The van der Waals surface area contributed by atoms with Gasteiger partial charge in [0.15, 0.2) is 0 Å². The van der Waals surface area contributed by atoms with Gasteiger partial charge in [0.2, 0.25) is 0 Å². The van der Waals surface area contributed by atoms with Gasteiger partial charge in [0.25, 0.3) is 11.8 Å². The van der Waals surface area contributed by atoms with Crippen molar-refractivity contribution in [3.05, 3.63) is 35.5 Å². The van der Waals surface area contributed by atoms with E-state index >= 15 is 0 Å². The van der Waals surface area contributed by atoms with E-state index in [-0.39, 0.29) is 29.4 Å². The number of amides is 2. The van der Waals surface area contributed by atoms with Crippen LogP contribution in [0.15, 0.2) is 35.5 Å². The summed E-state index contributed by atoms with van der Waals surface area (Å²) in [6, 6.07) is 0. The lowest BCUT2D eigenvalue weighted by Gasteiger charge is -2.37. The van der Waals surface area contributed by atoms with Gasteiger partial charge in [-0.1, -0.05) is 24.3 Å². The van der Waals surface area contributed by atoms with Gasteiger partial charge in [0, 0.05) is 11.5 Å². The Hall–Kier alpha value is -1.94. The molecule has 124 valence electrons. The van der Waals surface area contributed by atoms with E-state index in [1.54, 1.807) is 24.3 Å². The van der Waals surface area contributed by atoms with Crippen LogP contribution in [0.5, 0.6) is 0 Å². The van der Waals surface area contributed by atoms with Crippen LogP contribution < -0.4 is 0 Å². The second-order valence-corrected chi connectivity index (χ2v) is 6.74. The smallest absolute Gasteiger partial charge is 0.271 e. The quantitative estimate of drug-likeness (QED) is 0.430. The molecule has 2 atom stereocenters. The minimum absolute atomic E-state index is 0.101. The molecule has 0 aromatic heterocycles. The molecule has 0 fully saturated rings. The van der Waals surface area contributed by atoms with Crippen molar-refractivity contribution in [1.82, 2.24) is 5.06 Å². The maximum Gasteiger partial charge on any atom is 0.525 e. The average molecular weight is 349 g/mol. The number of carbonyl (C=O) groups excluding carboxylic acids is 2. The maximum absolute atomic E-state index is 12.4. The SMILES string of the molecule is O=C1C2=C3C(C=CC2)C=CC[C@@H]3C(=O)N1OS(=O)(=O)C(F)(F)F. The van der Waals surface area contributed by atoms with Crippen LogP contribution in [-0.2, 0) is 24.0 Å². The third-order valence-electron chi connectivity index (χ3n) is 3.86. The Morgan fingerprint density at radius 2 is 1.83 bits per heavy atom. The van der Waals surface area contributed by atoms with Gasteiger partial charge in [-0.25, -0.2) is 0 Å². The van der Waals surface area contributed by atoms with Gasteiger partial charge in [-0.3, -0.25) is 9.59 Å². The number of carbonyl (C=O) groups is 2. The minimum atomic E-state index is -6.10. The highest BCUT2D eigenvalue weighted by atomic mass is 32.2. The molecule has 0 aromatic rings. The van der Waals surface area contributed by atoms with Gasteiger partial charge in [-0.2, -0.15) is 21.6 Å². The standard InChI is InChI=1S/C13H10F3NO5S/c14-13(15,16)23(20,21)22-17-11(18)8-5-1-3-7-4-2-6-9(10(7)8)12(17)19/h1-4,7-8H,5-6H2/t7?,8-/m0/s1. The van der Waals surface area contributed by atoms with Crippen LogP contribution >= 0.6 is 0 Å². The molecular weight excluding hydrogens is 339 g/mol. The lowest BCUT2D eigenvalue weighted by molar-refractivity contribution is -0.176. The highest BCUT2D eigenvalue weighted by Crippen LogP contribution is 2.42. The lowest BCUT2D eigenvalue weighted by atomic mass is 9.73. The van der Waals surface area contributed by atoms with Gasteiger partial charge in [0.1, 0.15) is 0 Å². The van der Waals surface area contributed by atoms with Crippen LogP contribution in [0.2, 0.25) is 0 Å². The number of rotatable bonds is 2. The van der Waals surface area contributed by atoms with E-state index in [0.717, 1.165) is 0 Å². The number of imide groups is 1. The summed E-state index contributed by atoms with van der Waals surface area (Å²) in [4.78, 5) is 24.5. The number of nitrogens with zero attached hydrogens (tertiary/aromatic N) is 1. The van der Waals surface area contributed by atoms with E-state index < -0.39 is 33.4 Å². The third-order valence-corrected chi connectivity index (χ3v) is 4.77. The molecular formula is C13H10F3NO5S. The normalized spacial score (nSPS) is 27.5. The fourth-order valence-electron chi connectivity index (χ4n) is 2.87. The Morgan fingerprint density at radius 3 is 2.48 bits per heavy atom. The Bertz CT molecular complexity index is 778. The second kappa shape index (κ2) is 5.03. The molecule has 2 amide bonds. The fraction of sp³-hybridized carbons (Fsp3) is 0.385. The topological polar surface area (TPSA) is 80.8 Å². The molecule has 0 bridgehead atoms. The summed E-state index contributed by atoms with van der Waals surface area (Å²) in [5.74, 6) is -3.46. The van der Waals surface area contributed by atoms with E-state index in [2.05, 4.69) is 4.28 Å². The number of hydrogen-bond donors (Lipinski definition) is 0. The molecule has 23 heavy (non-hydrogen) atoms. The molecule has 0 spiro atoms. The summed E-state index contributed by atoms with van der Waals surface area (Å²) in [5.41, 5.74) is -5.12. The zero-order valence-electron chi connectivity index (χ0n) is 11.4. The van der Waals surface area contributed by atoms with Crippen molar-refractivity contribution in [2.45, 2.75) is 18.3 Å². The highest BCUT2D eigenvalue weighted by Gasteiger charge is 2.53. The predicted molar refractivity (Wildman–Crippen MR) is 69.4 cm³/mol. The summed E-state index contributed by atoms with van der Waals surface area (Å²) in [6.45, 7) is 0. The molecule has 0 N–H and O–H groups in total. The predicted octanol–water partition coefficient (Wildman–Crippen LogP) is 1.59. The zero-order chi connectivity index (χ0) is 17.0. The number of hydrogen-bond acceptors (Lipinski definition) is 5. The summed E-state index contributed by atoms with van der Waals surface area (Å²) >= 11 is 0. The van der Waals surface area contributed by atoms with Crippen molar-refractivity contribution in [2.24, 2.45) is 11.8 Å². The van der Waals surface area contributed by atoms with E-state index in [0.29, 0.717) is 5.57 Å². The molecule has 1 unspecified atom stereocenters. The fourth-order valence-corrected chi connectivity index (χ4v) is 3.30. The first-order chi connectivity index (χ1) is 10.6. The molecule has 10 heteroatoms. The van der Waals surface area contributed by atoms with Crippen molar-refractivity contribution in [2.75, 3.05) is 0 Å². The Labute approximate surface area is 129 Å². The van der Waals surface area contributed by atoms with Crippen molar-refractivity contribution < 1.29 is 35.5 Å². The molecule has 0 saturated heterocycles. The molecule has 1 heterocycles. The van der Waals surface area contributed by atoms with Gasteiger partial charge in [0.05, 0.1) is 5.92 Å². The number of halogens is 3. The van der Waals surface area contributed by atoms with Crippen molar-refractivity contribution >= 4 is 21.9 Å². The van der Waals surface area contributed by atoms with E-state index in [4.69, 9.17) is 0 Å². The Kier molecular flexibility index (Phi) is 3.49. The number of hydroxylamine groups is 2. The molecule has 3 aliphatic rings. The molecule has 6 nitrogen and oxygen atoms in total.